The Balaban J connectivity index is 1.53. The van der Waals surface area contributed by atoms with E-state index in [1.807, 2.05) is 13.8 Å². The highest BCUT2D eigenvalue weighted by molar-refractivity contribution is 7.89. The zero-order valence-electron chi connectivity index (χ0n) is 20.2. The second kappa shape index (κ2) is 10.5. The van der Waals surface area contributed by atoms with Gasteiger partial charge in [0.05, 0.1) is 9.79 Å². The smallest absolute Gasteiger partial charge is 0.207 e. The van der Waals surface area contributed by atoms with Gasteiger partial charge in [-0.05, 0) is 73.9 Å². The predicted molar refractivity (Wildman–Crippen MR) is 136 cm³/mol. The van der Waals surface area contributed by atoms with Gasteiger partial charge in [0.25, 0.3) is 0 Å². The maximum absolute atomic E-state index is 13.2. The van der Waals surface area contributed by atoms with Gasteiger partial charge in [-0.15, -0.1) is 0 Å². The molecule has 186 valence electrons. The van der Waals surface area contributed by atoms with Gasteiger partial charge in [-0.3, -0.25) is 0 Å². The van der Waals surface area contributed by atoms with E-state index in [1.165, 1.54) is 0 Å². The quantitative estimate of drug-likeness (QED) is 0.515. The summed E-state index contributed by atoms with van der Waals surface area (Å²) in [5, 5.41) is 0. The maximum atomic E-state index is 13.2. The zero-order valence-corrected chi connectivity index (χ0v) is 21.8. The Morgan fingerprint density at radius 1 is 0.618 bits per heavy atom. The molecule has 0 aliphatic carbocycles. The first-order valence-electron chi connectivity index (χ1n) is 12.5. The van der Waals surface area contributed by atoms with Gasteiger partial charge >= 0.3 is 0 Å². The van der Waals surface area contributed by atoms with Crippen molar-refractivity contribution < 1.29 is 16.8 Å². The van der Waals surface area contributed by atoms with E-state index in [4.69, 9.17) is 0 Å². The van der Waals surface area contributed by atoms with E-state index >= 15 is 0 Å². The van der Waals surface area contributed by atoms with E-state index in [0.29, 0.717) is 22.9 Å². The van der Waals surface area contributed by atoms with Gasteiger partial charge < -0.3 is 0 Å². The first kappa shape index (κ1) is 25.4. The van der Waals surface area contributed by atoms with Crippen molar-refractivity contribution in [3.63, 3.8) is 0 Å². The van der Waals surface area contributed by atoms with Crippen molar-refractivity contribution in [1.82, 2.24) is 8.61 Å². The van der Waals surface area contributed by atoms with E-state index < -0.39 is 20.0 Å². The van der Waals surface area contributed by atoms with Crippen LogP contribution in [-0.2, 0) is 20.0 Å². The Morgan fingerprint density at radius 2 is 0.971 bits per heavy atom. The molecule has 0 unspecified atom stereocenters. The van der Waals surface area contributed by atoms with E-state index in [9.17, 15) is 16.8 Å². The molecule has 2 aromatic carbocycles. The van der Waals surface area contributed by atoms with Crippen molar-refractivity contribution >= 4 is 20.0 Å². The van der Waals surface area contributed by atoms with Crippen molar-refractivity contribution in [3.05, 3.63) is 48.5 Å². The van der Waals surface area contributed by atoms with Crippen LogP contribution in [0.2, 0.25) is 0 Å². The number of benzene rings is 2. The van der Waals surface area contributed by atoms with Gasteiger partial charge in [-0.25, -0.2) is 16.8 Å². The molecule has 2 heterocycles. The molecule has 34 heavy (non-hydrogen) atoms. The summed E-state index contributed by atoms with van der Waals surface area (Å²) in [4.78, 5) is 0.623. The van der Waals surface area contributed by atoms with Gasteiger partial charge in [-0.1, -0.05) is 51.0 Å². The summed E-state index contributed by atoms with van der Waals surface area (Å²) in [7, 11) is -7.04. The molecule has 2 atom stereocenters. The monoisotopic (exact) mass is 504 g/mol. The number of piperidine rings is 2. The Morgan fingerprint density at radius 3 is 1.29 bits per heavy atom. The maximum Gasteiger partial charge on any atom is 0.243 e. The molecule has 4 rings (SSSR count). The summed E-state index contributed by atoms with van der Waals surface area (Å²) in [6.07, 6.45) is 7.43. The fourth-order valence-electron chi connectivity index (χ4n) is 5.31. The summed E-state index contributed by atoms with van der Waals surface area (Å²) < 4.78 is 56.2. The minimum absolute atomic E-state index is 0.0696. The van der Waals surface area contributed by atoms with Gasteiger partial charge in [0.1, 0.15) is 0 Å². The molecule has 0 bridgehead atoms. The highest BCUT2D eigenvalue weighted by Gasteiger charge is 2.33. The van der Waals surface area contributed by atoms with Crippen LogP contribution in [0.3, 0.4) is 0 Å². The Bertz CT molecular complexity index is 1080. The van der Waals surface area contributed by atoms with Crippen molar-refractivity contribution in [2.24, 2.45) is 0 Å². The van der Waals surface area contributed by atoms with Crippen molar-refractivity contribution in [2.45, 2.75) is 87.1 Å². The molecule has 0 radical (unpaired) electrons. The average molecular weight is 505 g/mol. The number of hydrogen-bond acceptors (Lipinski definition) is 4. The highest BCUT2D eigenvalue weighted by Crippen LogP contribution is 2.31. The summed E-state index contributed by atoms with van der Waals surface area (Å²) >= 11 is 0. The van der Waals surface area contributed by atoms with Crippen LogP contribution in [0, 0.1) is 0 Å². The molecule has 2 saturated heterocycles. The number of hydrogen-bond donors (Lipinski definition) is 0. The van der Waals surface area contributed by atoms with Gasteiger partial charge in [0.2, 0.25) is 20.0 Å². The lowest BCUT2D eigenvalue weighted by atomic mass is 10.0. The fraction of sp³-hybridized carbons (Fsp3) is 0.538. The third-order valence-electron chi connectivity index (χ3n) is 7.34. The predicted octanol–water partition coefficient (Wildman–Crippen LogP) is 5.26. The van der Waals surface area contributed by atoms with Gasteiger partial charge in [0.15, 0.2) is 0 Å². The minimum atomic E-state index is -3.52. The Hall–Kier alpha value is -1.74. The van der Waals surface area contributed by atoms with E-state index in [0.717, 1.165) is 62.5 Å². The van der Waals surface area contributed by atoms with Crippen molar-refractivity contribution in [3.8, 4) is 11.1 Å². The second-order valence-electron chi connectivity index (χ2n) is 9.40. The van der Waals surface area contributed by atoms with Crippen molar-refractivity contribution in [2.75, 3.05) is 13.1 Å². The van der Waals surface area contributed by atoms with Crippen LogP contribution in [0.15, 0.2) is 58.3 Å². The molecule has 0 aromatic heterocycles. The normalized spacial score (nSPS) is 23.1. The first-order valence-corrected chi connectivity index (χ1v) is 15.4. The van der Waals surface area contributed by atoms with Crippen LogP contribution >= 0.6 is 0 Å². The molecule has 2 aliphatic heterocycles. The second-order valence-corrected chi connectivity index (χ2v) is 13.2. The third kappa shape index (κ3) is 4.96. The number of nitrogens with zero attached hydrogens (tertiary/aromatic N) is 2. The fourth-order valence-corrected chi connectivity index (χ4v) is 8.84. The molecule has 0 saturated carbocycles. The molecule has 2 fully saturated rings. The topological polar surface area (TPSA) is 74.8 Å². The molecule has 2 aromatic rings. The van der Waals surface area contributed by atoms with Crippen LogP contribution in [0.4, 0.5) is 0 Å². The van der Waals surface area contributed by atoms with Crippen molar-refractivity contribution in [1.29, 1.82) is 0 Å². The summed E-state index contributed by atoms with van der Waals surface area (Å²) in [5.41, 5.74) is 1.72. The van der Waals surface area contributed by atoms with Crippen LogP contribution in [-0.4, -0.2) is 50.6 Å². The lowest BCUT2D eigenvalue weighted by Crippen LogP contribution is -2.43. The van der Waals surface area contributed by atoms with Gasteiger partial charge in [0, 0.05) is 25.2 Å². The van der Waals surface area contributed by atoms with Crippen LogP contribution in [0.5, 0.6) is 0 Å². The summed E-state index contributed by atoms with van der Waals surface area (Å²) in [6.45, 7) is 5.24. The molecule has 8 heteroatoms. The highest BCUT2D eigenvalue weighted by atomic mass is 32.2. The lowest BCUT2D eigenvalue weighted by Gasteiger charge is -2.34. The van der Waals surface area contributed by atoms with E-state index in [1.54, 1.807) is 57.1 Å². The molecule has 0 amide bonds. The van der Waals surface area contributed by atoms with Gasteiger partial charge in [-0.2, -0.15) is 8.61 Å². The SMILES string of the molecule is CC[C@@H]1CCCCN1S(=O)(=O)c1ccc(-c2ccc(S(=O)(=O)N3CCCC[C@@H]3CC)cc2)cc1. The third-order valence-corrected chi connectivity index (χ3v) is 11.3. The molecule has 0 N–H and O–H groups in total. The van der Waals surface area contributed by atoms with E-state index in [2.05, 4.69) is 0 Å². The molecular weight excluding hydrogens is 468 g/mol. The minimum Gasteiger partial charge on any atom is -0.207 e. The van der Waals surface area contributed by atoms with E-state index in [-0.39, 0.29) is 12.1 Å². The summed E-state index contributed by atoms with van der Waals surface area (Å²) in [5.74, 6) is 0. The standard InChI is InChI=1S/C26H36N2O4S2/c1-3-23-9-5-7-19-27(23)33(29,30)25-15-11-21(12-16-25)22-13-17-26(18-14-22)34(31,32)28-20-8-6-10-24(28)4-2/h11-18,23-24H,3-10,19-20H2,1-2H3/t23-,24+. The molecule has 0 spiro atoms. The molecular formula is C26H36N2O4S2. The van der Waals surface area contributed by atoms with Crippen LogP contribution < -0.4 is 0 Å². The Kier molecular flexibility index (Phi) is 7.82. The summed E-state index contributed by atoms with van der Waals surface area (Å²) in [6, 6.07) is 14.0. The largest absolute Gasteiger partial charge is 0.243 e. The molecule has 6 nitrogen and oxygen atoms in total. The lowest BCUT2D eigenvalue weighted by molar-refractivity contribution is 0.246. The number of sulfonamides is 2. The molecule has 2 aliphatic rings. The number of rotatable bonds is 7. The first-order chi connectivity index (χ1) is 16.3. The van der Waals surface area contributed by atoms with Crippen LogP contribution in [0.25, 0.3) is 11.1 Å². The average Bonchev–Trinajstić information content (AvgIpc) is 2.88. The zero-order chi connectivity index (χ0) is 24.3. The Labute approximate surface area is 205 Å². The van der Waals surface area contributed by atoms with Crippen LogP contribution in [0.1, 0.15) is 65.2 Å².